The van der Waals surface area contributed by atoms with E-state index in [0.29, 0.717) is 40.9 Å². The van der Waals surface area contributed by atoms with E-state index in [1.54, 1.807) is 19.1 Å². The van der Waals surface area contributed by atoms with Crippen LogP contribution in [0.15, 0.2) is 18.2 Å². The molecule has 0 radical (unpaired) electrons. The molecule has 2 aliphatic rings. The first-order chi connectivity index (χ1) is 13.7. The molecule has 0 aliphatic heterocycles. The van der Waals surface area contributed by atoms with E-state index in [2.05, 4.69) is 5.10 Å². The topological polar surface area (TPSA) is 44.1 Å². The Morgan fingerprint density at radius 1 is 1.34 bits per heavy atom. The van der Waals surface area contributed by atoms with E-state index in [0.717, 1.165) is 17.5 Å². The molecule has 156 valence electrons. The third-order valence-electron chi connectivity index (χ3n) is 6.10. The lowest BCUT2D eigenvalue weighted by Gasteiger charge is -2.36. The number of halogens is 4. The van der Waals surface area contributed by atoms with Gasteiger partial charge in [0.1, 0.15) is 12.4 Å². The van der Waals surface area contributed by atoms with Crippen molar-refractivity contribution in [1.82, 2.24) is 9.78 Å². The van der Waals surface area contributed by atoms with E-state index < -0.39 is 29.9 Å². The molecule has 4 rings (SSSR count). The highest BCUT2D eigenvalue weighted by Gasteiger charge is 2.48. The summed E-state index contributed by atoms with van der Waals surface area (Å²) >= 11 is 0. The Labute approximate surface area is 165 Å². The second-order valence-electron chi connectivity index (χ2n) is 8.02. The summed E-state index contributed by atoms with van der Waals surface area (Å²) in [4.78, 5) is 12.9. The summed E-state index contributed by atoms with van der Waals surface area (Å²) in [5.74, 6) is -0.899. The number of rotatable bonds is 4. The minimum Gasteiger partial charge on any atom is -0.468 e. The van der Waals surface area contributed by atoms with Crippen LogP contribution in [0, 0.1) is 12.7 Å². The summed E-state index contributed by atoms with van der Waals surface area (Å²) in [7, 11) is 1.28. The van der Waals surface area contributed by atoms with Crippen LogP contribution in [0.1, 0.15) is 53.3 Å². The van der Waals surface area contributed by atoms with Crippen LogP contribution < -0.4 is 0 Å². The first kappa shape index (κ1) is 19.9. The Morgan fingerprint density at radius 2 is 2.07 bits per heavy atom. The zero-order valence-electron chi connectivity index (χ0n) is 16.3. The second kappa shape index (κ2) is 6.85. The van der Waals surface area contributed by atoms with Crippen LogP contribution in [0.5, 0.6) is 0 Å². The minimum absolute atomic E-state index is 0.0238. The van der Waals surface area contributed by atoms with Crippen LogP contribution in [0.4, 0.5) is 17.6 Å². The van der Waals surface area contributed by atoms with Gasteiger partial charge in [-0.1, -0.05) is 12.1 Å². The number of carbonyl (C=O) groups excluding carboxylic acids is 1. The summed E-state index contributed by atoms with van der Waals surface area (Å²) in [6, 6.07) is 4.58. The number of aryl methyl sites for hydroxylation is 1. The zero-order valence-corrected chi connectivity index (χ0v) is 16.3. The molecule has 1 saturated carbocycles. The minimum atomic E-state index is -4.38. The van der Waals surface area contributed by atoms with Crippen LogP contribution in [-0.4, -0.2) is 29.0 Å². The molecule has 2 aliphatic carbocycles. The fourth-order valence-corrected chi connectivity index (χ4v) is 4.62. The van der Waals surface area contributed by atoms with Crippen LogP contribution in [0.2, 0.25) is 0 Å². The van der Waals surface area contributed by atoms with E-state index in [-0.39, 0.29) is 12.3 Å². The van der Waals surface area contributed by atoms with E-state index in [1.165, 1.54) is 13.2 Å². The molecule has 1 aromatic heterocycles. The Morgan fingerprint density at radius 3 is 2.69 bits per heavy atom. The maximum absolute atomic E-state index is 14.3. The number of benzene rings is 1. The highest BCUT2D eigenvalue weighted by atomic mass is 19.4. The predicted molar refractivity (Wildman–Crippen MR) is 97.1 cm³/mol. The Balaban J connectivity index is 1.84. The largest absolute Gasteiger partial charge is 0.468 e. The van der Waals surface area contributed by atoms with Gasteiger partial charge in [-0.05, 0) is 61.8 Å². The van der Waals surface area contributed by atoms with E-state index in [9.17, 15) is 22.4 Å². The van der Waals surface area contributed by atoms with E-state index in [1.807, 2.05) is 0 Å². The summed E-state index contributed by atoms with van der Waals surface area (Å²) < 4.78 is 59.7. The van der Waals surface area contributed by atoms with E-state index in [4.69, 9.17) is 4.74 Å². The zero-order chi connectivity index (χ0) is 21.0. The first-order valence-corrected chi connectivity index (χ1v) is 9.65. The van der Waals surface area contributed by atoms with Gasteiger partial charge in [-0.15, -0.1) is 0 Å². The molecule has 0 bridgehead atoms. The van der Waals surface area contributed by atoms with Gasteiger partial charge in [-0.3, -0.25) is 9.48 Å². The van der Waals surface area contributed by atoms with Gasteiger partial charge in [0, 0.05) is 11.6 Å². The number of ether oxygens (including phenoxy) is 1. The normalized spacial score (nSPS) is 21.7. The molecular weight excluding hydrogens is 388 g/mol. The van der Waals surface area contributed by atoms with Crippen LogP contribution >= 0.6 is 0 Å². The molecule has 1 unspecified atom stereocenters. The monoisotopic (exact) mass is 410 g/mol. The average Bonchev–Trinajstić information content (AvgIpc) is 3.43. The first-order valence-electron chi connectivity index (χ1n) is 9.65. The number of carbonyl (C=O) groups is 1. The van der Waals surface area contributed by atoms with Crippen molar-refractivity contribution in [3.05, 3.63) is 52.1 Å². The van der Waals surface area contributed by atoms with Crippen molar-refractivity contribution >= 4 is 5.97 Å². The molecule has 4 nitrogen and oxygen atoms in total. The molecular formula is C21H22F4N2O2. The third-order valence-corrected chi connectivity index (χ3v) is 6.10. The molecule has 1 aromatic carbocycles. The number of nitrogens with zero attached hydrogens (tertiary/aromatic N) is 2. The maximum atomic E-state index is 14.3. The summed E-state index contributed by atoms with van der Waals surface area (Å²) in [6.45, 7) is 0.468. The molecule has 2 aromatic rings. The summed E-state index contributed by atoms with van der Waals surface area (Å²) in [6.07, 6.45) is -1.95. The summed E-state index contributed by atoms with van der Waals surface area (Å²) in [5, 5.41) is 4.25. The molecule has 29 heavy (non-hydrogen) atoms. The van der Waals surface area contributed by atoms with Crippen molar-refractivity contribution in [1.29, 1.82) is 0 Å². The van der Waals surface area contributed by atoms with Crippen LogP contribution in [0.3, 0.4) is 0 Å². The van der Waals surface area contributed by atoms with Gasteiger partial charge in [0.15, 0.2) is 0 Å². The number of methoxy groups -OCH3 is 1. The molecule has 1 heterocycles. The lowest BCUT2D eigenvalue weighted by atomic mass is 9.67. The second-order valence-corrected chi connectivity index (χ2v) is 8.02. The van der Waals surface area contributed by atoms with Gasteiger partial charge < -0.3 is 4.74 Å². The molecule has 0 amide bonds. The molecule has 0 saturated heterocycles. The lowest BCUT2D eigenvalue weighted by Crippen LogP contribution is -2.43. The smallest absolute Gasteiger partial charge is 0.408 e. The van der Waals surface area contributed by atoms with Gasteiger partial charge >= 0.3 is 12.1 Å². The third kappa shape index (κ3) is 3.42. The van der Waals surface area contributed by atoms with E-state index >= 15 is 0 Å². The Bertz CT molecular complexity index is 962. The standard InChI is InChI=1S/C21H22F4N2O2/c1-12-15(4-3-5-16(12)22)20(19(28)29-2)9-8-17-14(10-20)18(13-6-7-13)27(26-17)11-21(23,24)25/h3-5,13H,6-11H2,1-2H3. The van der Waals surface area contributed by atoms with Gasteiger partial charge in [0.05, 0.1) is 18.2 Å². The fraction of sp³-hybridized carbons (Fsp3) is 0.524. The number of hydrogen-bond acceptors (Lipinski definition) is 3. The number of fused-ring (bicyclic) bond motifs is 1. The maximum Gasteiger partial charge on any atom is 0.408 e. The predicted octanol–water partition coefficient (Wildman–Crippen LogP) is 4.37. The van der Waals surface area contributed by atoms with Crippen molar-refractivity contribution in [3.63, 3.8) is 0 Å². The van der Waals surface area contributed by atoms with Crippen molar-refractivity contribution in [2.45, 2.75) is 63.1 Å². The summed E-state index contributed by atoms with van der Waals surface area (Å²) in [5.41, 5.74) is 1.61. The quantitative estimate of drug-likeness (QED) is 0.555. The van der Waals surface area contributed by atoms with Gasteiger partial charge in [-0.2, -0.15) is 18.3 Å². The number of hydrogen-bond donors (Lipinski definition) is 0. The van der Waals surface area contributed by atoms with Crippen LogP contribution in [-0.2, 0) is 34.3 Å². The number of esters is 1. The average molecular weight is 410 g/mol. The highest BCUT2D eigenvalue weighted by Crippen LogP contribution is 2.48. The number of alkyl halides is 3. The molecule has 0 N–H and O–H groups in total. The number of aromatic nitrogens is 2. The Kier molecular flexibility index (Phi) is 4.70. The molecule has 1 atom stereocenters. The fourth-order valence-electron chi connectivity index (χ4n) is 4.62. The highest BCUT2D eigenvalue weighted by molar-refractivity contribution is 5.85. The molecule has 8 heteroatoms. The lowest BCUT2D eigenvalue weighted by molar-refractivity contribution is -0.148. The SMILES string of the molecule is COC(=O)C1(c2cccc(F)c2C)CCc2nn(CC(F)(F)F)c(C3CC3)c2C1. The van der Waals surface area contributed by atoms with Crippen molar-refractivity contribution in [3.8, 4) is 0 Å². The van der Waals surface area contributed by atoms with Crippen molar-refractivity contribution in [2.75, 3.05) is 7.11 Å². The van der Waals surface area contributed by atoms with Crippen molar-refractivity contribution < 1.29 is 27.1 Å². The molecule has 1 fully saturated rings. The van der Waals surface area contributed by atoms with Crippen molar-refractivity contribution in [2.24, 2.45) is 0 Å². The molecule has 0 spiro atoms. The van der Waals surface area contributed by atoms with Crippen LogP contribution in [0.25, 0.3) is 0 Å². The Hall–Kier alpha value is -2.38. The van der Waals surface area contributed by atoms with Gasteiger partial charge in [0.2, 0.25) is 0 Å². The van der Waals surface area contributed by atoms with Gasteiger partial charge in [-0.25, -0.2) is 4.39 Å². The van der Waals surface area contributed by atoms with Gasteiger partial charge in [0.25, 0.3) is 0 Å².